The van der Waals surface area contributed by atoms with E-state index >= 15 is 0 Å². The molecule has 1 aromatic heterocycles. The van der Waals surface area contributed by atoms with E-state index in [2.05, 4.69) is 4.72 Å². The number of rotatable bonds is 5. The molecule has 2 N–H and O–H groups in total. The summed E-state index contributed by atoms with van der Waals surface area (Å²) in [4.78, 5) is 23.3. The zero-order valence-electron chi connectivity index (χ0n) is 17.8. The van der Waals surface area contributed by atoms with E-state index in [0.29, 0.717) is 0 Å². The van der Waals surface area contributed by atoms with Crippen LogP contribution in [0.25, 0.3) is 33.1 Å². The Hall–Kier alpha value is -4.70. The summed E-state index contributed by atoms with van der Waals surface area (Å²) in [6, 6.07) is 21.7. The topological polar surface area (TPSA) is 140 Å². The van der Waals surface area contributed by atoms with Crippen LogP contribution in [0.1, 0.15) is 0 Å². The fourth-order valence-corrected chi connectivity index (χ4v) is 4.83. The van der Waals surface area contributed by atoms with Crippen molar-refractivity contribution in [2.45, 2.75) is 4.90 Å². The number of fused-ring (bicyclic) bond motifs is 2. The van der Waals surface area contributed by atoms with Crippen LogP contribution in [0.5, 0.6) is 5.75 Å². The first-order valence-corrected chi connectivity index (χ1v) is 11.8. The van der Waals surface area contributed by atoms with Crippen LogP contribution in [-0.4, -0.2) is 18.4 Å². The first-order chi connectivity index (χ1) is 16.7. The molecule has 0 spiro atoms. The molecule has 174 valence electrons. The summed E-state index contributed by atoms with van der Waals surface area (Å²) >= 11 is 0. The molecular weight excluding hydrogens is 472 g/mol. The monoisotopic (exact) mass is 488 g/mol. The third-order valence-corrected chi connectivity index (χ3v) is 6.87. The van der Waals surface area contributed by atoms with E-state index in [1.807, 2.05) is 30.3 Å². The van der Waals surface area contributed by atoms with Crippen molar-refractivity contribution in [2.75, 3.05) is 4.72 Å². The Morgan fingerprint density at radius 2 is 1.54 bits per heavy atom. The van der Waals surface area contributed by atoms with Gasteiger partial charge in [0.1, 0.15) is 22.3 Å². The van der Waals surface area contributed by atoms with Crippen LogP contribution in [-0.2, 0) is 10.0 Å². The molecule has 0 aliphatic rings. The molecular formula is C25H16N2O7S. The second-order valence-electron chi connectivity index (χ2n) is 7.73. The fraction of sp³-hybridized carbons (Fsp3) is 0. The summed E-state index contributed by atoms with van der Waals surface area (Å²) in [5.74, 6) is -0.526. The minimum absolute atomic E-state index is 0.00374. The lowest BCUT2D eigenvalue weighted by Gasteiger charge is -2.11. The molecule has 35 heavy (non-hydrogen) atoms. The number of hydrogen-bond donors (Lipinski definition) is 2. The number of aromatic hydroxyl groups is 1. The van der Waals surface area contributed by atoms with Crippen molar-refractivity contribution in [1.82, 2.24) is 0 Å². The third kappa shape index (κ3) is 4.06. The van der Waals surface area contributed by atoms with Crippen LogP contribution in [0, 0.1) is 10.1 Å². The van der Waals surface area contributed by atoms with Gasteiger partial charge < -0.3 is 9.52 Å². The van der Waals surface area contributed by atoms with Crippen molar-refractivity contribution in [3.05, 3.63) is 105 Å². The molecule has 0 amide bonds. The Balaban J connectivity index is 1.52. The Morgan fingerprint density at radius 1 is 0.857 bits per heavy atom. The van der Waals surface area contributed by atoms with Crippen LogP contribution in [0.15, 0.2) is 99.0 Å². The van der Waals surface area contributed by atoms with Crippen LogP contribution in [0.3, 0.4) is 0 Å². The number of nitrogens with zero attached hydrogens (tertiary/aromatic N) is 1. The van der Waals surface area contributed by atoms with Gasteiger partial charge in [0.25, 0.3) is 15.7 Å². The van der Waals surface area contributed by atoms with E-state index < -0.39 is 26.1 Å². The summed E-state index contributed by atoms with van der Waals surface area (Å²) in [5.41, 5.74) is 0.780. The third-order valence-electron chi connectivity index (χ3n) is 5.47. The van der Waals surface area contributed by atoms with Crippen molar-refractivity contribution >= 4 is 43.3 Å². The number of nitro benzene ring substituents is 1. The minimum atomic E-state index is -4.02. The molecule has 0 saturated heterocycles. The number of hydrogen-bond acceptors (Lipinski definition) is 7. The molecule has 4 aromatic carbocycles. The highest BCUT2D eigenvalue weighted by molar-refractivity contribution is 7.92. The average Bonchev–Trinajstić information content (AvgIpc) is 2.84. The van der Waals surface area contributed by atoms with Crippen molar-refractivity contribution in [3.63, 3.8) is 0 Å². The Morgan fingerprint density at radius 3 is 2.23 bits per heavy atom. The highest BCUT2D eigenvalue weighted by Gasteiger charge is 2.19. The van der Waals surface area contributed by atoms with E-state index in [4.69, 9.17) is 4.42 Å². The van der Waals surface area contributed by atoms with Crippen LogP contribution in [0.2, 0.25) is 0 Å². The molecule has 0 aliphatic carbocycles. The van der Waals surface area contributed by atoms with Gasteiger partial charge in [0, 0.05) is 24.3 Å². The number of nitro groups is 1. The molecule has 0 atom stereocenters. The van der Waals surface area contributed by atoms with Gasteiger partial charge in [-0.2, -0.15) is 0 Å². The second kappa shape index (κ2) is 8.26. The molecule has 9 nitrogen and oxygen atoms in total. The smallest absolute Gasteiger partial charge is 0.270 e. The number of anilines is 1. The van der Waals surface area contributed by atoms with Gasteiger partial charge in [-0.05, 0) is 29.3 Å². The summed E-state index contributed by atoms with van der Waals surface area (Å²) in [6.07, 6.45) is 0. The molecule has 1 heterocycles. The van der Waals surface area contributed by atoms with Crippen LogP contribution >= 0.6 is 0 Å². The SMILES string of the molecule is O=c1c2cc([N+](=O)[O-])ccc2oc2cc(NS(=O)(=O)c3ccc(-c4ccccc4)cc3)cc(O)c12. The van der Waals surface area contributed by atoms with E-state index in [-0.39, 0.29) is 38.2 Å². The molecule has 0 saturated carbocycles. The van der Waals surface area contributed by atoms with Crippen molar-refractivity contribution in [3.8, 4) is 16.9 Å². The average molecular weight is 488 g/mol. The summed E-state index contributed by atoms with van der Waals surface area (Å²) in [5, 5.41) is 21.2. The highest BCUT2D eigenvalue weighted by atomic mass is 32.2. The maximum atomic E-state index is 12.9. The minimum Gasteiger partial charge on any atom is -0.507 e. The highest BCUT2D eigenvalue weighted by Crippen LogP contribution is 2.31. The maximum absolute atomic E-state index is 12.9. The molecule has 0 aliphatic heterocycles. The lowest BCUT2D eigenvalue weighted by Crippen LogP contribution is -2.13. The Labute approximate surface area is 198 Å². The summed E-state index contributed by atoms with van der Waals surface area (Å²) in [7, 11) is -4.02. The quantitative estimate of drug-likeness (QED) is 0.201. The van der Waals surface area contributed by atoms with Gasteiger partial charge in [0.2, 0.25) is 5.43 Å². The lowest BCUT2D eigenvalue weighted by atomic mass is 10.1. The van der Waals surface area contributed by atoms with E-state index in [1.54, 1.807) is 12.1 Å². The number of sulfonamides is 1. The normalized spacial score (nSPS) is 11.5. The number of phenolic OH excluding ortho intramolecular Hbond substituents is 1. The molecule has 0 bridgehead atoms. The van der Waals surface area contributed by atoms with E-state index in [0.717, 1.165) is 23.3 Å². The zero-order chi connectivity index (χ0) is 24.7. The predicted octanol–water partition coefficient (Wildman–Crippen LogP) is 5.03. The maximum Gasteiger partial charge on any atom is 0.270 e. The summed E-state index contributed by atoms with van der Waals surface area (Å²) in [6.45, 7) is 0. The van der Waals surface area contributed by atoms with Gasteiger partial charge in [0.15, 0.2) is 0 Å². The van der Waals surface area contributed by atoms with Crippen molar-refractivity contribution in [1.29, 1.82) is 0 Å². The number of nitrogens with one attached hydrogen (secondary N) is 1. The van der Waals surface area contributed by atoms with Crippen molar-refractivity contribution < 1.29 is 22.9 Å². The Kier molecular flexibility index (Phi) is 5.22. The zero-order valence-corrected chi connectivity index (χ0v) is 18.7. The predicted molar refractivity (Wildman–Crippen MR) is 131 cm³/mol. The van der Waals surface area contributed by atoms with Gasteiger partial charge >= 0.3 is 0 Å². The Bertz CT molecular complexity index is 1780. The van der Waals surface area contributed by atoms with Crippen molar-refractivity contribution in [2.24, 2.45) is 0 Å². The first-order valence-electron chi connectivity index (χ1n) is 10.3. The number of non-ortho nitro benzene ring substituents is 1. The summed E-state index contributed by atoms with van der Waals surface area (Å²) < 4.78 is 33.9. The standard InChI is InChI=1S/C25H16N2O7S/c28-21-12-17(13-23-24(21)25(29)20-14-18(27(30)31)8-11-22(20)34-23)26-35(32,33)19-9-6-16(7-10-19)15-4-2-1-3-5-15/h1-14,26,28H. The van der Waals surface area contributed by atoms with Gasteiger partial charge in [-0.1, -0.05) is 42.5 Å². The molecule has 0 radical (unpaired) electrons. The van der Waals surface area contributed by atoms with Gasteiger partial charge in [-0.15, -0.1) is 0 Å². The van der Waals surface area contributed by atoms with Gasteiger partial charge in [-0.3, -0.25) is 19.6 Å². The van der Waals surface area contributed by atoms with E-state index in [1.165, 1.54) is 30.3 Å². The van der Waals surface area contributed by atoms with E-state index in [9.17, 15) is 28.4 Å². The molecule has 5 rings (SSSR count). The second-order valence-corrected chi connectivity index (χ2v) is 9.42. The molecule has 0 fully saturated rings. The van der Waals surface area contributed by atoms with Crippen LogP contribution < -0.4 is 10.2 Å². The van der Waals surface area contributed by atoms with Gasteiger partial charge in [0.05, 0.1) is 20.9 Å². The largest absolute Gasteiger partial charge is 0.507 e. The number of benzene rings is 4. The fourth-order valence-electron chi connectivity index (χ4n) is 3.79. The molecule has 0 unspecified atom stereocenters. The number of phenols is 1. The van der Waals surface area contributed by atoms with Gasteiger partial charge in [-0.25, -0.2) is 8.42 Å². The molecule has 10 heteroatoms. The lowest BCUT2D eigenvalue weighted by molar-refractivity contribution is -0.384. The van der Waals surface area contributed by atoms with Crippen LogP contribution in [0.4, 0.5) is 11.4 Å². The molecule has 5 aromatic rings. The first kappa shape index (κ1) is 22.1.